The Morgan fingerprint density at radius 1 is 1.25 bits per heavy atom. The van der Waals surface area contributed by atoms with E-state index in [1.165, 1.54) is 30.0 Å². The van der Waals surface area contributed by atoms with Crippen molar-refractivity contribution >= 4 is 37.1 Å². The Balaban J connectivity index is 2.15. The maximum atomic E-state index is 13.2. The second-order valence-corrected chi connectivity index (χ2v) is 8.23. The van der Waals surface area contributed by atoms with Gasteiger partial charge in [-0.3, -0.25) is 9.40 Å². The summed E-state index contributed by atoms with van der Waals surface area (Å²) in [5, 5.41) is 4.28. The van der Waals surface area contributed by atoms with Crippen molar-refractivity contribution in [1.82, 2.24) is 9.78 Å². The van der Waals surface area contributed by atoms with Crippen LogP contribution in [-0.2, 0) is 17.1 Å². The van der Waals surface area contributed by atoms with Gasteiger partial charge in [-0.05, 0) is 19.9 Å². The van der Waals surface area contributed by atoms with Crippen LogP contribution >= 0.6 is 11.3 Å². The molecule has 0 spiro atoms. The van der Waals surface area contributed by atoms with E-state index in [0.29, 0.717) is 16.0 Å². The number of alkyl halides is 2. The molecular formula is C15H15F2N3O2S2. The number of thiophene rings is 1. The van der Waals surface area contributed by atoms with Crippen LogP contribution < -0.4 is 4.72 Å². The van der Waals surface area contributed by atoms with Gasteiger partial charge in [0.2, 0.25) is 0 Å². The fraction of sp³-hybridized carbons (Fsp3) is 0.267. The molecule has 0 saturated heterocycles. The van der Waals surface area contributed by atoms with E-state index in [2.05, 4.69) is 9.82 Å². The number of aryl methyl sites for hydroxylation is 2. The number of nitrogens with zero attached hydrogens (tertiary/aromatic N) is 2. The first-order chi connectivity index (χ1) is 11.2. The summed E-state index contributed by atoms with van der Waals surface area (Å²) in [6.07, 6.45) is -2.87. The van der Waals surface area contributed by atoms with Crippen molar-refractivity contribution in [2.24, 2.45) is 7.05 Å². The lowest BCUT2D eigenvalue weighted by Gasteiger charge is -2.09. The van der Waals surface area contributed by atoms with Crippen LogP contribution in [0.15, 0.2) is 29.2 Å². The maximum absolute atomic E-state index is 13.2. The van der Waals surface area contributed by atoms with Crippen LogP contribution in [0.4, 0.5) is 14.5 Å². The molecule has 24 heavy (non-hydrogen) atoms. The molecule has 128 valence electrons. The molecule has 5 nitrogen and oxygen atoms in total. The van der Waals surface area contributed by atoms with Crippen molar-refractivity contribution in [1.29, 1.82) is 0 Å². The molecule has 0 saturated carbocycles. The molecule has 3 aromatic rings. The Labute approximate surface area is 142 Å². The molecule has 0 amide bonds. The van der Waals surface area contributed by atoms with Crippen molar-refractivity contribution in [3.63, 3.8) is 0 Å². The highest BCUT2D eigenvalue weighted by Crippen LogP contribution is 2.36. The quantitative estimate of drug-likeness (QED) is 0.754. The molecule has 0 aliphatic carbocycles. The van der Waals surface area contributed by atoms with Gasteiger partial charge in [-0.2, -0.15) is 5.10 Å². The highest BCUT2D eigenvalue weighted by molar-refractivity contribution is 7.93. The van der Waals surface area contributed by atoms with Crippen LogP contribution in [0, 0.1) is 13.8 Å². The van der Waals surface area contributed by atoms with Crippen LogP contribution in [-0.4, -0.2) is 18.2 Å². The first-order valence-electron chi connectivity index (χ1n) is 7.05. The topological polar surface area (TPSA) is 64.0 Å². The summed E-state index contributed by atoms with van der Waals surface area (Å²) in [5.41, 5.74) is -0.413. The molecule has 0 aliphatic rings. The molecule has 1 aromatic carbocycles. The van der Waals surface area contributed by atoms with E-state index in [1.54, 1.807) is 19.1 Å². The average Bonchev–Trinajstić information content (AvgIpc) is 2.98. The van der Waals surface area contributed by atoms with Gasteiger partial charge in [0.15, 0.2) is 5.69 Å². The van der Waals surface area contributed by atoms with E-state index in [1.807, 2.05) is 12.1 Å². The Kier molecular flexibility index (Phi) is 4.08. The molecule has 0 atom stereocenters. The Bertz CT molecular complexity index is 1020. The molecule has 2 heterocycles. The number of benzene rings is 1. The third-order valence-corrected chi connectivity index (χ3v) is 6.54. The minimum Gasteiger partial charge on any atom is -0.276 e. The van der Waals surface area contributed by atoms with Crippen LogP contribution in [0.25, 0.3) is 10.1 Å². The molecule has 0 radical (unpaired) electrons. The van der Waals surface area contributed by atoms with Gasteiger partial charge in [-0.1, -0.05) is 18.2 Å². The Morgan fingerprint density at radius 3 is 2.58 bits per heavy atom. The lowest BCUT2D eigenvalue weighted by Crippen LogP contribution is -2.15. The van der Waals surface area contributed by atoms with Gasteiger partial charge in [-0.15, -0.1) is 11.3 Å². The number of sulfonamides is 1. The molecular weight excluding hydrogens is 356 g/mol. The molecule has 2 aromatic heterocycles. The fourth-order valence-corrected chi connectivity index (χ4v) is 5.52. The molecule has 3 rings (SSSR count). The zero-order chi connectivity index (χ0) is 17.6. The van der Waals surface area contributed by atoms with Gasteiger partial charge in [0, 0.05) is 22.0 Å². The normalized spacial score (nSPS) is 12.2. The van der Waals surface area contributed by atoms with Crippen LogP contribution in [0.5, 0.6) is 0 Å². The van der Waals surface area contributed by atoms with E-state index in [4.69, 9.17) is 0 Å². The van der Waals surface area contributed by atoms with Crippen molar-refractivity contribution < 1.29 is 17.2 Å². The summed E-state index contributed by atoms with van der Waals surface area (Å²) >= 11 is 1.35. The van der Waals surface area contributed by atoms with E-state index in [0.717, 1.165) is 4.70 Å². The standard InChI is InChI=1S/C15H15F2N3O2S2/c1-8-12(13(15(16)17)18-20(8)3)19-24(21,22)14-9(2)23-11-7-5-4-6-10(11)14/h4-7,15,19H,1-3H3. The predicted molar refractivity (Wildman–Crippen MR) is 90.3 cm³/mol. The number of nitrogens with one attached hydrogen (secondary N) is 1. The van der Waals surface area contributed by atoms with Crippen molar-refractivity contribution in [2.75, 3.05) is 4.72 Å². The third kappa shape index (κ3) is 2.67. The van der Waals surface area contributed by atoms with Gasteiger partial charge < -0.3 is 0 Å². The molecule has 0 aliphatic heterocycles. The molecule has 0 unspecified atom stereocenters. The lowest BCUT2D eigenvalue weighted by atomic mass is 10.2. The minimum atomic E-state index is -4.02. The van der Waals surface area contributed by atoms with Crippen LogP contribution in [0.3, 0.4) is 0 Å². The second-order valence-electron chi connectivity index (χ2n) is 5.36. The molecule has 0 bridgehead atoms. The lowest BCUT2D eigenvalue weighted by molar-refractivity contribution is 0.146. The number of rotatable bonds is 4. The number of aromatic nitrogens is 2. The summed E-state index contributed by atoms with van der Waals surface area (Å²) in [7, 11) is -2.53. The van der Waals surface area contributed by atoms with Crippen molar-refractivity contribution in [3.8, 4) is 0 Å². The average molecular weight is 371 g/mol. The van der Waals surface area contributed by atoms with E-state index in [9.17, 15) is 17.2 Å². The van der Waals surface area contributed by atoms with Crippen molar-refractivity contribution in [2.45, 2.75) is 25.2 Å². The highest BCUT2D eigenvalue weighted by Gasteiger charge is 2.28. The number of hydrogen-bond donors (Lipinski definition) is 1. The predicted octanol–water partition coefficient (Wildman–Crippen LogP) is 3.99. The first kappa shape index (κ1) is 16.8. The molecule has 0 fully saturated rings. The van der Waals surface area contributed by atoms with Gasteiger partial charge in [0.1, 0.15) is 4.90 Å². The second kappa shape index (κ2) is 5.82. The number of anilines is 1. The minimum absolute atomic E-state index is 0.117. The zero-order valence-electron chi connectivity index (χ0n) is 13.2. The number of fused-ring (bicyclic) bond motifs is 1. The fourth-order valence-electron chi connectivity index (χ4n) is 2.58. The highest BCUT2D eigenvalue weighted by atomic mass is 32.2. The number of halogens is 2. The Hall–Kier alpha value is -2.00. The smallest absolute Gasteiger partial charge is 0.276 e. The van der Waals surface area contributed by atoms with E-state index < -0.39 is 22.1 Å². The summed E-state index contributed by atoms with van der Waals surface area (Å²) in [6.45, 7) is 3.23. The van der Waals surface area contributed by atoms with Gasteiger partial charge >= 0.3 is 0 Å². The van der Waals surface area contributed by atoms with E-state index in [-0.39, 0.29) is 10.6 Å². The van der Waals surface area contributed by atoms with Crippen LogP contribution in [0.1, 0.15) is 22.7 Å². The zero-order valence-corrected chi connectivity index (χ0v) is 14.8. The van der Waals surface area contributed by atoms with Crippen LogP contribution in [0.2, 0.25) is 0 Å². The Morgan fingerprint density at radius 2 is 1.92 bits per heavy atom. The SMILES string of the molecule is Cc1sc2ccccc2c1S(=O)(=O)Nc1c(C(F)F)nn(C)c1C. The largest absolute Gasteiger partial charge is 0.284 e. The molecule has 1 N–H and O–H groups in total. The van der Waals surface area contributed by atoms with Gasteiger partial charge in [0.25, 0.3) is 16.4 Å². The van der Waals surface area contributed by atoms with Gasteiger partial charge in [0.05, 0.1) is 11.4 Å². The van der Waals surface area contributed by atoms with Crippen molar-refractivity contribution in [3.05, 3.63) is 40.5 Å². The summed E-state index contributed by atoms with van der Waals surface area (Å²) in [5.74, 6) is 0. The first-order valence-corrected chi connectivity index (χ1v) is 9.35. The van der Waals surface area contributed by atoms with E-state index >= 15 is 0 Å². The van der Waals surface area contributed by atoms with Gasteiger partial charge in [-0.25, -0.2) is 17.2 Å². The third-order valence-electron chi connectivity index (χ3n) is 3.79. The number of hydrogen-bond acceptors (Lipinski definition) is 4. The maximum Gasteiger partial charge on any atom is 0.284 e. The molecule has 9 heteroatoms. The monoisotopic (exact) mass is 371 g/mol. The summed E-state index contributed by atoms with van der Waals surface area (Å²) in [6, 6.07) is 7.10. The summed E-state index contributed by atoms with van der Waals surface area (Å²) < 4.78 is 56.4. The summed E-state index contributed by atoms with van der Waals surface area (Å²) in [4.78, 5) is 0.718.